The zero-order valence-electron chi connectivity index (χ0n) is 25.1. The number of unbranched alkanes of at least 4 members (excludes halogenated alkanes) is 8. The summed E-state index contributed by atoms with van der Waals surface area (Å²) in [5.41, 5.74) is 11.8. The van der Waals surface area contributed by atoms with Gasteiger partial charge in [0.05, 0.1) is 5.91 Å². The summed E-state index contributed by atoms with van der Waals surface area (Å²) < 4.78 is 0. The number of amides is 1. The second-order valence-electron chi connectivity index (χ2n) is 10.3. The third kappa shape index (κ3) is 21.9. The van der Waals surface area contributed by atoms with E-state index in [0.717, 1.165) is 35.2 Å². The van der Waals surface area contributed by atoms with Crippen molar-refractivity contribution in [1.82, 2.24) is 0 Å². The van der Waals surface area contributed by atoms with Gasteiger partial charge in [0.2, 0.25) is 0 Å². The molecule has 2 rings (SSSR count). The molecule has 0 aromatic carbocycles. The molecule has 6 heteroatoms. The van der Waals surface area contributed by atoms with Crippen LogP contribution >= 0.6 is 0 Å². The second kappa shape index (κ2) is 31.0. The molecule has 0 aromatic rings. The molecular formula is C31H58Cl2NOSiTi. The van der Waals surface area contributed by atoms with E-state index >= 15 is 0 Å². The number of hydrogen-bond acceptors (Lipinski definition) is 1. The molecule has 2 nitrogen and oxygen atoms in total. The Hall–Kier alpha value is 0.461. The van der Waals surface area contributed by atoms with Gasteiger partial charge < -0.3 is 35.3 Å². The largest absolute Gasteiger partial charge is 4.00 e. The molecule has 0 heterocycles. The summed E-state index contributed by atoms with van der Waals surface area (Å²) in [5.74, 6) is 0.320. The molecule has 37 heavy (non-hydrogen) atoms. The van der Waals surface area contributed by atoms with Gasteiger partial charge >= 0.3 is 21.7 Å². The minimum absolute atomic E-state index is 0. The van der Waals surface area contributed by atoms with E-state index in [1.54, 1.807) is 16.7 Å². The number of hydrogen-bond donors (Lipinski definition) is 0. The van der Waals surface area contributed by atoms with E-state index < -0.39 is 0 Å². The van der Waals surface area contributed by atoms with Gasteiger partial charge in [-0.3, -0.25) is 6.08 Å². The Labute approximate surface area is 262 Å². The van der Waals surface area contributed by atoms with Crippen LogP contribution in [0.4, 0.5) is 0 Å². The minimum atomic E-state index is -0.352. The monoisotopic (exact) mass is 606 g/mol. The van der Waals surface area contributed by atoms with Crippen molar-refractivity contribution >= 4 is 15.4 Å². The van der Waals surface area contributed by atoms with Crippen LogP contribution < -0.4 is 24.8 Å². The van der Waals surface area contributed by atoms with Crippen LogP contribution in [0.15, 0.2) is 16.7 Å². The molecule has 0 spiro atoms. The maximum Gasteiger partial charge on any atom is 4.00 e. The Bertz CT molecular complexity index is 578. The van der Waals surface area contributed by atoms with E-state index in [2.05, 4.69) is 46.9 Å². The molecule has 1 N–H and O–H groups in total. The molecule has 0 bridgehead atoms. The maximum atomic E-state index is 10.5. The van der Waals surface area contributed by atoms with Gasteiger partial charge in [0.1, 0.15) is 0 Å². The summed E-state index contributed by atoms with van der Waals surface area (Å²) in [4.78, 5) is 10.5. The van der Waals surface area contributed by atoms with Gasteiger partial charge in [0, 0.05) is 15.4 Å². The Morgan fingerprint density at radius 2 is 1.30 bits per heavy atom. The molecule has 1 amide bonds. The Morgan fingerprint density at radius 3 is 1.76 bits per heavy atom. The first-order valence-electron chi connectivity index (χ1n) is 14.8. The Balaban J connectivity index is -0.000000305. The molecule has 215 valence electrons. The van der Waals surface area contributed by atoms with Gasteiger partial charge in [0.15, 0.2) is 0 Å². The van der Waals surface area contributed by atoms with Crippen LogP contribution in [-0.2, 0) is 26.5 Å². The molecule has 2 aliphatic carbocycles. The van der Waals surface area contributed by atoms with E-state index in [0.29, 0.717) is 5.92 Å². The third-order valence-corrected chi connectivity index (χ3v) is 7.07. The van der Waals surface area contributed by atoms with E-state index in [1.165, 1.54) is 89.9 Å². The molecular weight excluding hydrogens is 549 g/mol. The van der Waals surface area contributed by atoms with Gasteiger partial charge in [-0.05, 0) is 19.3 Å². The SMILES string of the molecule is CCCCCCCCC1=C(CCCCCC)C(CC)=[C-]C1C.C[SiH]C.[Cl-].[Cl-].[NH-]C(=O)C1CCCCC1.[Ti+4]. The van der Waals surface area contributed by atoms with Crippen LogP contribution in [0.25, 0.3) is 5.73 Å². The molecule has 1 saturated carbocycles. The van der Waals surface area contributed by atoms with Gasteiger partial charge in [-0.25, -0.2) is 5.57 Å². The van der Waals surface area contributed by atoms with Crippen LogP contribution in [0.5, 0.6) is 0 Å². The minimum Gasteiger partial charge on any atom is -1.00 e. The average Bonchev–Trinajstić information content (AvgIpc) is 3.14. The molecule has 1 radical (unpaired) electrons. The van der Waals surface area contributed by atoms with Crippen molar-refractivity contribution in [2.24, 2.45) is 11.8 Å². The number of rotatable bonds is 14. The smallest absolute Gasteiger partial charge is 1.00 e. The van der Waals surface area contributed by atoms with E-state index in [1.807, 2.05) is 0 Å². The van der Waals surface area contributed by atoms with Crippen molar-refractivity contribution in [3.63, 3.8) is 0 Å². The predicted octanol–water partition coefficient (Wildman–Crippen LogP) is 4.46. The number of carbonyl (C=O) groups is 1. The Kier molecular flexibility index (Phi) is 37.3. The molecule has 1 fully saturated rings. The first kappa shape index (κ1) is 44.5. The fourth-order valence-electron chi connectivity index (χ4n) is 5.07. The van der Waals surface area contributed by atoms with Gasteiger partial charge in [0.25, 0.3) is 0 Å². The zero-order valence-corrected chi connectivity index (χ0v) is 29.4. The number of halogens is 2. The van der Waals surface area contributed by atoms with Crippen molar-refractivity contribution in [3.05, 3.63) is 28.5 Å². The average molecular weight is 608 g/mol. The van der Waals surface area contributed by atoms with Crippen molar-refractivity contribution in [2.75, 3.05) is 0 Å². The third-order valence-electron chi connectivity index (χ3n) is 7.07. The summed E-state index contributed by atoms with van der Waals surface area (Å²) >= 11 is 0. The second-order valence-corrected chi connectivity index (χ2v) is 11.5. The maximum absolute atomic E-state index is 10.5. The molecule has 1 atom stereocenters. The number of nitrogens with one attached hydrogen (secondary N) is 1. The molecule has 0 aliphatic heterocycles. The fraction of sp³-hybridized carbons (Fsp3) is 0.839. The summed E-state index contributed by atoms with van der Waals surface area (Å²) in [6.45, 7) is 13.7. The van der Waals surface area contributed by atoms with Crippen molar-refractivity contribution in [2.45, 2.75) is 156 Å². The standard InChI is InChI=1S/C22H39.C7H13NO.C2H7Si.2ClH.Ti/c1-5-8-10-12-13-15-16-21-19(4)18-20(7-3)22(21)17-14-11-9-6-2;8-7(9)6-4-2-1-3-5-6;1-3-2;;;/h19H,5-17H2,1-4H3;6H,1-5H2,(H2,8,9);3H,1-2H3;2*1H;/q-1;;;;;+4/p-3. The van der Waals surface area contributed by atoms with Gasteiger partial charge in [-0.1, -0.05) is 143 Å². The van der Waals surface area contributed by atoms with Gasteiger partial charge in [-0.15, -0.1) is 0 Å². The van der Waals surface area contributed by atoms with E-state index in [4.69, 9.17) is 5.73 Å². The van der Waals surface area contributed by atoms with Crippen LogP contribution in [0.2, 0.25) is 13.1 Å². The topological polar surface area (TPSA) is 40.9 Å². The van der Waals surface area contributed by atoms with Crippen LogP contribution in [0.1, 0.15) is 143 Å². The van der Waals surface area contributed by atoms with Crippen molar-refractivity contribution in [3.8, 4) is 0 Å². The first-order chi connectivity index (χ1) is 16.5. The number of carbonyl (C=O) groups excluding carboxylic acids is 1. The van der Waals surface area contributed by atoms with Gasteiger partial charge in [-0.2, -0.15) is 11.1 Å². The quantitative estimate of drug-likeness (QED) is 0.163. The number of allylic oxidation sites excluding steroid dienone is 4. The van der Waals surface area contributed by atoms with E-state index in [-0.39, 0.29) is 58.4 Å². The van der Waals surface area contributed by atoms with Crippen LogP contribution in [0, 0.1) is 17.9 Å². The molecule has 0 saturated heterocycles. The summed E-state index contributed by atoms with van der Waals surface area (Å²) in [6, 6.07) is 0. The zero-order chi connectivity index (χ0) is 25.6. The molecule has 0 aromatic heterocycles. The van der Waals surface area contributed by atoms with E-state index in [9.17, 15) is 4.79 Å². The van der Waals surface area contributed by atoms with Crippen LogP contribution in [0.3, 0.4) is 0 Å². The Morgan fingerprint density at radius 1 is 0.838 bits per heavy atom. The molecule has 2 aliphatic rings. The van der Waals surface area contributed by atoms with Crippen molar-refractivity contribution in [1.29, 1.82) is 0 Å². The predicted molar refractivity (Wildman–Crippen MR) is 155 cm³/mol. The molecule has 1 unspecified atom stereocenters. The summed E-state index contributed by atoms with van der Waals surface area (Å²) in [5, 5.41) is 0. The summed E-state index contributed by atoms with van der Waals surface area (Å²) in [6.07, 6.45) is 27.0. The normalized spacial score (nSPS) is 16.6. The fourth-order valence-corrected chi connectivity index (χ4v) is 5.07. The van der Waals surface area contributed by atoms with Crippen molar-refractivity contribution < 1.29 is 51.3 Å². The van der Waals surface area contributed by atoms with Crippen LogP contribution in [-0.4, -0.2) is 15.4 Å². The first-order valence-corrected chi connectivity index (χ1v) is 17.1. The summed E-state index contributed by atoms with van der Waals surface area (Å²) in [7, 11) is 0.750.